The third kappa shape index (κ3) is 6.67. The number of carboxylic acids is 1. The van der Waals surface area contributed by atoms with E-state index in [1.165, 1.54) is 18.5 Å². The van der Waals surface area contributed by atoms with Gasteiger partial charge < -0.3 is 14.6 Å². The molecule has 190 valence electrons. The van der Waals surface area contributed by atoms with Crippen LogP contribution < -0.4 is 9.47 Å². The van der Waals surface area contributed by atoms with Crippen LogP contribution in [0.3, 0.4) is 0 Å². The molecule has 4 aromatic rings. The summed E-state index contributed by atoms with van der Waals surface area (Å²) in [5.41, 5.74) is 2.72. The number of ether oxygens (including phenoxy) is 2. The molecule has 0 atom stereocenters. The first kappa shape index (κ1) is 25.8. The lowest BCUT2D eigenvalue weighted by molar-refractivity contribution is -0.138. The van der Waals surface area contributed by atoms with Gasteiger partial charge in [0.15, 0.2) is 0 Å². The number of aryl methyl sites for hydroxylation is 3. The minimum absolute atomic E-state index is 0.0467. The number of carboxylic acid groups (broad SMARTS) is 1. The molecule has 0 bridgehead atoms. The number of benzene rings is 3. The number of halogens is 3. The Balaban J connectivity index is 1.61. The summed E-state index contributed by atoms with van der Waals surface area (Å²) in [5, 5.41) is 8.91. The van der Waals surface area contributed by atoms with E-state index in [2.05, 4.69) is 4.98 Å². The highest BCUT2D eigenvalue weighted by Gasteiger charge is 2.31. The molecule has 4 rings (SSSR count). The van der Waals surface area contributed by atoms with Gasteiger partial charge in [-0.2, -0.15) is 13.2 Å². The van der Waals surface area contributed by atoms with Crippen LogP contribution >= 0.6 is 0 Å². The highest BCUT2D eigenvalue weighted by atomic mass is 19.4. The lowest BCUT2D eigenvalue weighted by Gasteiger charge is -2.16. The maximum Gasteiger partial charge on any atom is 0.416 e. The van der Waals surface area contributed by atoms with Crippen LogP contribution in [-0.4, -0.2) is 16.1 Å². The number of aliphatic carboxylic acids is 1. The number of alkyl halides is 3. The van der Waals surface area contributed by atoms with Gasteiger partial charge in [0.1, 0.15) is 23.0 Å². The van der Waals surface area contributed by atoms with Crippen molar-refractivity contribution in [2.24, 2.45) is 0 Å². The molecule has 0 aliphatic heterocycles. The fourth-order valence-electron chi connectivity index (χ4n) is 3.90. The monoisotopic (exact) mass is 507 g/mol. The number of rotatable bonds is 8. The van der Waals surface area contributed by atoms with Gasteiger partial charge in [0, 0.05) is 30.4 Å². The zero-order valence-corrected chi connectivity index (χ0v) is 20.2. The summed E-state index contributed by atoms with van der Waals surface area (Å²) >= 11 is 0. The first-order valence-electron chi connectivity index (χ1n) is 11.5. The van der Waals surface area contributed by atoms with E-state index in [0.29, 0.717) is 29.2 Å². The van der Waals surface area contributed by atoms with E-state index >= 15 is 0 Å². The van der Waals surface area contributed by atoms with Crippen molar-refractivity contribution < 1.29 is 32.5 Å². The molecule has 0 unspecified atom stereocenters. The van der Waals surface area contributed by atoms with Crippen molar-refractivity contribution in [1.82, 2.24) is 4.98 Å². The van der Waals surface area contributed by atoms with E-state index in [0.717, 1.165) is 28.8 Å². The smallest absolute Gasteiger partial charge is 0.416 e. The predicted molar refractivity (Wildman–Crippen MR) is 133 cm³/mol. The van der Waals surface area contributed by atoms with Gasteiger partial charge in [-0.3, -0.25) is 9.78 Å². The van der Waals surface area contributed by atoms with Gasteiger partial charge in [-0.05, 0) is 97.1 Å². The lowest BCUT2D eigenvalue weighted by Crippen LogP contribution is -2.05. The summed E-state index contributed by atoms with van der Waals surface area (Å²) in [6.07, 6.45) is -1.01. The van der Waals surface area contributed by atoms with Gasteiger partial charge >= 0.3 is 12.1 Å². The molecule has 0 saturated heterocycles. The molecule has 0 radical (unpaired) electrons. The van der Waals surface area contributed by atoms with Gasteiger partial charge in [-0.15, -0.1) is 0 Å². The molecule has 1 aromatic heterocycles. The van der Waals surface area contributed by atoms with Crippen LogP contribution in [0, 0.1) is 13.8 Å². The number of carbonyl (C=O) groups is 1. The molecule has 0 fully saturated rings. The van der Waals surface area contributed by atoms with E-state index in [-0.39, 0.29) is 17.7 Å². The van der Waals surface area contributed by atoms with Crippen LogP contribution in [0.25, 0.3) is 11.1 Å². The standard InChI is InChI=1S/C29H24F3NO4/c1-18-13-24(36-23-6-3-20(19(2)15-23)4-8-28(34)35)17-25(14-18)37-27-7-5-22(29(30,31)32)16-26(27)21-9-11-33-12-10-21/h3,5-7,9-17H,4,8H2,1-2H3,(H,34,35). The molecular weight excluding hydrogens is 483 g/mol. The van der Waals surface area contributed by atoms with Gasteiger partial charge in [-0.25, -0.2) is 0 Å². The Hall–Kier alpha value is -4.33. The molecule has 1 N–H and O–H groups in total. The number of aromatic nitrogens is 1. The fourth-order valence-corrected chi connectivity index (χ4v) is 3.90. The fraction of sp³-hybridized carbons (Fsp3) is 0.172. The Morgan fingerprint density at radius 1 is 0.865 bits per heavy atom. The molecule has 0 aliphatic carbocycles. The Labute approximate surface area is 212 Å². The topological polar surface area (TPSA) is 68.7 Å². The molecular formula is C29H24F3NO4. The number of hydrogen-bond donors (Lipinski definition) is 1. The SMILES string of the molecule is Cc1cc(Oc2ccc(CCC(=O)O)c(C)c2)cc(Oc2ccc(C(F)(F)F)cc2-c2ccncc2)c1. The third-order valence-corrected chi connectivity index (χ3v) is 5.71. The Kier molecular flexibility index (Phi) is 7.47. The molecule has 1 heterocycles. The van der Waals surface area contributed by atoms with E-state index in [1.54, 1.807) is 30.3 Å². The van der Waals surface area contributed by atoms with Crippen molar-refractivity contribution in [3.05, 3.63) is 101 Å². The summed E-state index contributed by atoms with van der Waals surface area (Å²) in [7, 11) is 0. The van der Waals surface area contributed by atoms with Gasteiger partial charge in [0.2, 0.25) is 0 Å². The Morgan fingerprint density at radius 2 is 1.57 bits per heavy atom. The van der Waals surface area contributed by atoms with Gasteiger partial charge in [0.25, 0.3) is 0 Å². The number of hydrogen-bond acceptors (Lipinski definition) is 4. The maximum absolute atomic E-state index is 13.4. The molecule has 8 heteroatoms. The highest BCUT2D eigenvalue weighted by molar-refractivity contribution is 5.71. The largest absolute Gasteiger partial charge is 0.481 e. The van der Waals surface area contributed by atoms with Crippen LogP contribution in [-0.2, 0) is 17.4 Å². The minimum Gasteiger partial charge on any atom is -0.481 e. The van der Waals surface area contributed by atoms with Crippen molar-refractivity contribution in [2.45, 2.75) is 32.9 Å². The summed E-state index contributed by atoms with van der Waals surface area (Å²) < 4.78 is 52.3. The van der Waals surface area contributed by atoms with Crippen LogP contribution in [0.4, 0.5) is 13.2 Å². The van der Waals surface area contributed by atoms with Crippen molar-refractivity contribution in [3.63, 3.8) is 0 Å². The van der Waals surface area contributed by atoms with Crippen molar-refractivity contribution in [3.8, 4) is 34.1 Å². The zero-order valence-electron chi connectivity index (χ0n) is 20.2. The molecule has 5 nitrogen and oxygen atoms in total. The third-order valence-electron chi connectivity index (χ3n) is 5.71. The number of nitrogens with zero attached hydrogens (tertiary/aromatic N) is 1. The first-order chi connectivity index (χ1) is 17.6. The van der Waals surface area contributed by atoms with Crippen molar-refractivity contribution >= 4 is 5.97 Å². The Morgan fingerprint density at radius 3 is 2.22 bits per heavy atom. The second-order valence-corrected chi connectivity index (χ2v) is 8.61. The van der Waals surface area contributed by atoms with Gasteiger partial charge in [-0.1, -0.05) is 6.07 Å². The van der Waals surface area contributed by atoms with E-state index in [4.69, 9.17) is 14.6 Å². The maximum atomic E-state index is 13.4. The minimum atomic E-state index is -4.49. The predicted octanol–water partition coefficient (Wildman–Crippen LogP) is 7.99. The average Bonchev–Trinajstić information content (AvgIpc) is 2.83. The molecule has 37 heavy (non-hydrogen) atoms. The second kappa shape index (κ2) is 10.7. The summed E-state index contributed by atoms with van der Waals surface area (Å²) in [6, 6.07) is 17.3. The van der Waals surface area contributed by atoms with Crippen molar-refractivity contribution in [2.75, 3.05) is 0 Å². The summed E-state index contributed by atoms with van der Waals surface area (Å²) in [5.74, 6) is 0.867. The average molecular weight is 508 g/mol. The summed E-state index contributed by atoms with van der Waals surface area (Å²) in [4.78, 5) is 14.8. The molecule has 0 amide bonds. The van der Waals surface area contributed by atoms with Crippen LogP contribution in [0.1, 0.15) is 28.7 Å². The molecule has 0 aliphatic rings. The highest BCUT2D eigenvalue weighted by Crippen LogP contribution is 2.40. The lowest BCUT2D eigenvalue weighted by atomic mass is 10.0. The van der Waals surface area contributed by atoms with Crippen LogP contribution in [0.2, 0.25) is 0 Å². The van der Waals surface area contributed by atoms with E-state index < -0.39 is 17.7 Å². The number of pyridine rings is 1. The summed E-state index contributed by atoms with van der Waals surface area (Å²) in [6.45, 7) is 3.75. The second-order valence-electron chi connectivity index (χ2n) is 8.61. The van der Waals surface area contributed by atoms with Crippen molar-refractivity contribution in [1.29, 1.82) is 0 Å². The molecule has 0 spiro atoms. The van der Waals surface area contributed by atoms with Gasteiger partial charge in [0.05, 0.1) is 5.56 Å². The van der Waals surface area contributed by atoms with E-state index in [1.807, 2.05) is 32.0 Å². The first-order valence-corrected chi connectivity index (χ1v) is 11.5. The zero-order chi connectivity index (χ0) is 26.6. The molecule has 0 saturated carbocycles. The normalized spacial score (nSPS) is 11.3. The Bertz CT molecular complexity index is 1420. The van der Waals surface area contributed by atoms with E-state index in [9.17, 15) is 18.0 Å². The molecule has 3 aromatic carbocycles. The van der Waals surface area contributed by atoms with Crippen LogP contribution in [0.15, 0.2) is 79.1 Å². The quantitative estimate of drug-likeness (QED) is 0.262. The van der Waals surface area contributed by atoms with Crippen LogP contribution in [0.5, 0.6) is 23.0 Å².